The number of hydrogen-bond acceptors (Lipinski definition) is 32. The van der Waals surface area contributed by atoms with Gasteiger partial charge in [0.25, 0.3) is 0 Å². The first-order chi connectivity index (χ1) is 43.6. The van der Waals surface area contributed by atoms with Crippen LogP contribution in [0.1, 0.15) is 66.8 Å². The van der Waals surface area contributed by atoms with Crippen LogP contribution < -0.4 is 0 Å². The van der Waals surface area contributed by atoms with E-state index in [0.717, 1.165) is 41.5 Å². The summed E-state index contributed by atoms with van der Waals surface area (Å²) in [5, 5.41) is 16.5. The lowest BCUT2D eigenvalue weighted by atomic mass is 9.92. The minimum atomic E-state index is -1.42. The van der Waals surface area contributed by atoms with E-state index in [1.807, 2.05) is 0 Å². The molecule has 2 fully saturated rings. The van der Waals surface area contributed by atoms with Crippen LogP contribution in [0.2, 0.25) is 0 Å². The second-order valence-electron chi connectivity index (χ2n) is 20.2. The Morgan fingerprint density at radius 3 is 1.01 bits per heavy atom. The number of hydrogen-bond donors (Lipinski definition) is 0. The average Bonchev–Trinajstić information content (AvgIpc) is 1.27. The Morgan fingerprint density at radius 2 is 0.703 bits per heavy atom. The van der Waals surface area contributed by atoms with Crippen LogP contribution in [0.4, 0.5) is 0 Å². The lowest BCUT2D eigenvalue weighted by molar-refractivity contribution is -0.310. The zero-order chi connectivity index (χ0) is 66.6. The van der Waals surface area contributed by atoms with Crippen molar-refractivity contribution in [3.8, 4) is 0 Å². The summed E-state index contributed by atoms with van der Waals surface area (Å²) in [5.41, 5.74) is -0.180. The number of rotatable bonds is 46. The molecular formula is C55H84Cl2N6O28. The van der Waals surface area contributed by atoms with E-state index in [4.69, 9.17) is 118 Å². The molecule has 2 aliphatic heterocycles. The molecule has 516 valence electrons. The summed E-state index contributed by atoms with van der Waals surface area (Å²) in [4.78, 5) is 96.5. The third-order valence-corrected chi connectivity index (χ3v) is 12.7. The van der Waals surface area contributed by atoms with E-state index in [9.17, 15) is 38.4 Å². The van der Waals surface area contributed by atoms with Gasteiger partial charge < -0.3 is 94.7 Å². The zero-order valence-electron chi connectivity index (χ0n) is 52.3. The number of halogens is 2. The molecule has 2 aromatic heterocycles. The number of carbonyl (C=O) groups is 8. The lowest BCUT2D eigenvalue weighted by Crippen LogP contribution is -2.62. The zero-order valence-corrected chi connectivity index (χ0v) is 53.8. The SMILES string of the molecule is CC(=O)OC[C@H]1O[C@H](OCc2cn(CCOCCOCC(COCCOCCCl)(COCCOCCCl)COCCOCCn3cc(CO[C@H]4O[C@H](COC(C)=O)[C@@H](OC(C)=O)[C@H](OC(C)=O)[C@@H]4OC(C)=O)nn3)nn2)[C@@H](OC(C)=O)[C@@H](OC(C)=O)[C@@H]1OC(C)=O. The van der Waals surface area contributed by atoms with E-state index in [0.29, 0.717) is 49.6 Å². The molecule has 0 aromatic carbocycles. The summed E-state index contributed by atoms with van der Waals surface area (Å²) in [6.07, 6.45) is -10.4. The topological polar surface area (TPSA) is 383 Å². The fraction of sp³-hybridized carbons (Fsp3) is 0.782. The van der Waals surface area contributed by atoms with Gasteiger partial charge in [0, 0.05) is 67.1 Å². The number of esters is 8. The summed E-state index contributed by atoms with van der Waals surface area (Å²) in [6, 6.07) is 0. The molecule has 91 heavy (non-hydrogen) atoms. The Kier molecular flexibility index (Phi) is 36.8. The smallest absolute Gasteiger partial charge is 0.303 e. The van der Waals surface area contributed by atoms with Gasteiger partial charge in [-0.25, -0.2) is 9.36 Å². The predicted molar refractivity (Wildman–Crippen MR) is 304 cm³/mol. The van der Waals surface area contributed by atoms with Crippen LogP contribution in [0.5, 0.6) is 0 Å². The van der Waals surface area contributed by atoms with Gasteiger partial charge in [-0.2, -0.15) is 0 Å². The summed E-state index contributed by atoms with van der Waals surface area (Å²) in [5.74, 6) is -5.35. The van der Waals surface area contributed by atoms with Crippen LogP contribution in [0.3, 0.4) is 0 Å². The minimum absolute atomic E-state index is 0.125. The van der Waals surface area contributed by atoms with E-state index in [-0.39, 0.29) is 106 Å². The molecule has 2 aliphatic rings. The van der Waals surface area contributed by atoms with E-state index in [1.165, 1.54) is 23.2 Å². The summed E-state index contributed by atoms with van der Waals surface area (Å²) in [6.45, 7) is 11.7. The van der Waals surface area contributed by atoms with Crippen molar-refractivity contribution >= 4 is 71.0 Å². The molecule has 0 saturated carbocycles. The third-order valence-electron chi connectivity index (χ3n) is 12.4. The first-order valence-electron chi connectivity index (χ1n) is 29.0. The van der Waals surface area contributed by atoms with Crippen molar-refractivity contribution < 1.29 is 133 Å². The molecular weight excluding hydrogens is 1260 g/mol. The number of carbonyl (C=O) groups excluding carboxylic acids is 8. The van der Waals surface area contributed by atoms with Crippen molar-refractivity contribution in [2.24, 2.45) is 5.41 Å². The molecule has 34 nitrogen and oxygen atoms in total. The van der Waals surface area contributed by atoms with Gasteiger partial charge in [0.05, 0.1) is 150 Å². The highest BCUT2D eigenvalue weighted by atomic mass is 35.5. The molecule has 36 heteroatoms. The molecule has 2 saturated heterocycles. The number of aromatic nitrogens is 6. The van der Waals surface area contributed by atoms with Crippen molar-refractivity contribution in [3.05, 3.63) is 23.8 Å². The Hall–Kier alpha value is -5.86. The van der Waals surface area contributed by atoms with Gasteiger partial charge in [-0.3, -0.25) is 38.4 Å². The number of alkyl halides is 2. The van der Waals surface area contributed by atoms with Crippen molar-refractivity contribution in [2.45, 2.75) is 143 Å². The molecule has 4 heterocycles. The Balaban J connectivity index is 1.30. The molecule has 0 aliphatic carbocycles. The Morgan fingerprint density at radius 1 is 0.407 bits per heavy atom. The maximum Gasteiger partial charge on any atom is 0.303 e. The van der Waals surface area contributed by atoms with Gasteiger partial charge in [0.15, 0.2) is 49.2 Å². The maximum atomic E-state index is 12.2. The lowest BCUT2D eigenvalue weighted by Gasteiger charge is -2.43. The molecule has 4 rings (SSSR count). The highest BCUT2D eigenvalue weighted by molar-refractivity contribution is 6.18. The second-order valence-corrected chi connectivity index (χ2v) is 21.0. The van der Waals surface area contributed by atoms with Crippen molar-refractivity contribution in [2.75, 3.05) is 131 Å². The van der Waals surface area contributed by atoms with Gasteiger partial charge in [-0.05, 0) is 0 Å². The standard InChI is InChI=1S/C55H84Cl2N6O28/c1-35(64)80-29-45-47(84-37(3)66)49(86-39(5)68)51(88-41(7)70)53(90-45)82-27-43-25-62(60-58-43)11-15-74-19-23-78-33-55(31-76-21-17-72-13-9-56,32-77-22-18-73-14-10-57)34-79-24-20-75-16-12-63-26-44(59-61-63)28-83-54-52(89-42(8)71)50(87-40(6)69)48(85-38(4)67)46(91-54)30-81-36(2)65/h25-26,45-54H,9-24,27-34H2,1-8H3/t45-,46-,47-,48-,49+,50+,51+,52+,53+,54+/m1/s1. The normalized spacial score (nSPS) is 21.5. The summed E-state index contributed by atoms with van der Waals surface area (Å²) < 4.78 is 117. The molecule has 0 unspecified atom stereocenters. The molecule has 0 spiro atoms. The van der Waals surface area contributed by atoms with Crippen LogP contribution in [0, 0.1) is 5.41 Å². The second kappa shape index (κ2) is 43.1. The van der Waals surface area contributed by atoms with Gasteiger partial charge in [0.2, 0.25) is 0 Å². The Labute approximate surface area is 535 Å². The fourth-order valence-corrected chi connectivity index (χ4v) is 8.94. The largest absolute Gasteiger partial charge is 0.463 e. The molecule has 0 radical (unpaired) electrons. The highest BCUT2D eigenvalue weighted by Gasteiger charge is 2.54. The highest BCUT2D eigenvalue weighted by Crippen LogP contribution is 2.32. The van der Waals surface area contributed by atoms with Crippen LogP contribution in [-0.2, 0) is 159 Å². The summed E-state index contributed by atoms with van der Waals surface area (Å²) >= 11 is 11.6. The monoisotopic (exact) mass is 1350 g/mol. The van der Waals surface area contributed by atoms with Crippen LogP contribution in [-0.4, -0.2) is 270 Å². The van der Waals surface area contributed by atoms with Gasteiger partial charge in [0.1, 0.15) is 36.8 Å². The average molecular weight is 1350 g/mol. The fourth-order valence-electron chi connectivity index (χ4n) is 8.72. The summed E-state index contributed by atoms with van der Waals surface area (Å²) in [7, 11) is 0. The first kappa shape index (κ1) is 77.6. The quantitative estimate of drug-likeness (QED) is 0.0374. The van der Waals surface area contributed by atoms with Crippen LogP contribution in [0.15, 0.2) is 12.4 Å². The number of ether oxygens (including phenoxy) is 20. The van der Waals surface area contributed by atoms with E-state index >= 15 is 0 Å². The molecule has 0 amide bonds. The van der Waals surface area contributed by atoms with Crippen molar-refractivity contribution in [1.29, 1.82) is 0 Å². The number of nitrogens with zero attached hydrogens (tertiary/aromatic N) is 6. The minimum Gasteiger partial charge on any atom is -0.463 e. The van der Waals surface area contributed by atoms with Gasteiger partial charge in [-0.1, -0.05) is 10.4 Å². The molecule has 10 atom stereocenters. The molecule has 2 aromatic rings. The van der Waals surface area contributed by atoms with E-state index in [2.05, 4.69) is 20.6 Å². The van der Waals surface area contributed by atoms with Crippen LogP contribution >= 0.6 is 23.2 Å². The van der Waals surface area contributed by atoms with Crippen LogP contribution in [0.25, 0.3) is 0 Å². The Bertz CT molecular complexity index is 2350. The predicted octanol–water partition coefficient (Wildman–Crippen LogP) is 0.366. The maximum absolute atomic E-state index is 12.2. The first-order valence-corrected chi connectivity index (χ1v) is 30.0. The molecule has 0 bridgehead atoms. The van der Waals surface area contributed by atoms with Gasteiger partial charge in [-0.15, -0.1) is 33.4 Å². The third kappa shape index (κ3) is 30.6. The molecule has 0 N–H and O–H groups in total. The van der Waals surface area contributed by atoms with E-state index in [1.54, 1.807) is 12.4 Å². The van der Waals surface area contributed by atoms with Crippen molar-refractivity contribution in [1.82, 2.24) is 30.0 Å². The van der Waals surface area contributed by atoms with E-state index < -0.39 is 128 Å². The van der Waals surface area contributed by atoms with Crippen molar-refractivity contribution in [3.63, 3.8) is 0 Å². The van der Waals surface area contributed by atoms with Gasteiger partial charge >= 0.3 is 47.8 Å².